The molecular weight excluding hydrogens is 357 g/mol. The number of aromatic nitrogens is 2. The number of rotatable bonds is 7. The second-order valence-corrected chi connectivity index (χ2v) is 6.11. The quantitative estimate of drug-likeness (QED) is 0.634. The predicted molar refractivity (Wildman–Crippen MR) is 110 cm³/mol. The summed E-state index contributed by atoms with van der Waals surface area (Å²) >= 11 is 0. The number of carbonyl (C=O) groups excluding carboxylic acids is 1. The van der Waals surface area contributed by atoms with Crippen LogP contribution in [0.5, 0.6) is 0 Å². The van der Waals surface area contributed by atoms with Gasteiger partial charge in [0.05, 0.1) is 0 Å². The maximum Gasteiger partial charge on any atom is 0.276 e. The number of carbonyl (C=O) groups is 1. The Kier molecular flexibility index (Phi) is 6.16. The minimum Gasteiger partial charge on any atom is -0.372 e. The first kappa shape index (κ1) is 19.3. The number of anilines is 4. The van der Waals surface area contributed by atoms with Gasteiger partial charge >= 0.3 is 0 Å². The molecule has 1 heterocycles. The normalized spacial score (nSPS) is 10.4. The highest BCUT2D eigenvalue weighted by Crippen LogP contribution is 2.20. The zero-order valence-electron chi connectivity index (χ0n) is 15.8. The van der Waals surface area contributed by atoms with Crippen molar-refractivity contribution in [3.63, 3.8) is 0 Å². The lowest BCUT2D eigenvalue weighted by molar-refractivity contribution is 0.102. The summed E-state index contributed by atoms with van der Waals surface area (Å²) < 4.78 is 12.9. The lowest BCUT2D eigenvalue weighted by Gasteiger charge is -2.21. The van der Waals surface area contributed by atoms with Crippen LogP contribution in [0.3, 0.4) is 0 Å². The molecule has 144 valence electrons. The maximum atomic E-state index is 12.9. The first-order valence-electron chi connectivity index (χ1n) is 9.11. The second kappa shape index (κ2) is 8.94. The molecule has 6 nitrogen and oxygen atoms in total. The van der Waals surface area contributed by atoms with Gasteiger partial charge in [0.25, 0.3) is 5.91 Å². The molecular formula is C21H22FN5O. The van der Waals surface area contributed by atoms with E-state index < -0.39 is 5.91 Å². The van der Waals surface area contributed by atoms with Crippen molar-refractivity contribution in [3.05, 3.63) is 72.2 Å². The third kappa shape index (κ3) is 4.82. The minimum atomic E-state index is -0.408. The molecule has 1 aromatic heterocycles. The van der Waals surface area contributed by atoms with Crippen LogP contribution in [-0.2, 0) is 0 Å². The molecule has 0 fully saturated rings. The van der Waals surface area contributed by atoms with Crippen LogP contribution in [0.25, 0.3) is 0 Å². The molecule has 0 saturated heterocycles. The van der Waals surface area contributed by atoms with Crippen LogP contribution in [0.2, 0.25) is 0 Å². The van der Waals surface area contributed by atoms with E-state index in [-0.39, 0.29) is 11.5 Å². The fourth-order valence-corrected chi connectivity index (χ4v) is 2.74. The van der Waals surface area contributed by atoms with E-state index in [1.165, 1.54) is 24.3 Å². The van der Waals surface area contributed by atoms with Crippen molar-refractivity contribution in [3.8, 4) is 0 Å². The third-order valence-electron chi connectivity index (χ3n) is 4.27. The molecule has 2 aromatic carbocycles. The van der Waals surface area contributed by atoms with Gasteiger partial charge in [-0.05, 0) is 74.5 Å². The zero-order valence-corrected chi connectivity index (χ0v) is 15.8. The third-order valence-corrected chi connectivity index (χ3v) is 4.27. The highest BCUT2D eigenvalue weighted by Gasteiger charge is 2.09. The summed E-state index contributed by atoms with van der Waals surface area (Å²) in [6.07, 6.45) is 0. The van der Waals surface area contributed by atoms with Gasteiger partial charge in [-0.2, -0.15) is 0 Å². The van der Waals surface area contributed by atoms with Crippen LogP contribution in [0, 0.1) is 5.82 Å². The number of benzene rings is 2. The van der Waals surface area contributed by atoms with Crippen LogP contribution in [0.1, 0.15) is 24.3 Å². The monoisotopic (exact) mass is 379 g/mol. The van der Waals surface area contributed by atoms with E-state index in [0.29, 0.717) is 11.5 Å². The number of halogens is 1. The molecule has 0 unspecified atom stereocenters. The average molecular weight is 379 g/mol. The molecule has 0 atom stereocenters. The number of amides is 1. The largest absolute Gasteiger partial charge is 0.372 e. The number of nitrogens with zero attached hydrogens (tertiary/aromatic N) is 3. The van der Waals surface area contributed by atoms with E-state index in [1.54, 1.807) is 12.1 Å². The smallest absolute Gasteiger partial charge is 0.276 e. The molecule has 0 bridgehead atoms. The first-order valence-corrected chi connectivity index (χ1v) is 9.11. The Morgan fingerprint density at radius 3 is 2.11 bits per heavy atom. The summed E-state index contributed by atoms with van der Waals surface area (Å²) in [5.41, 5.74) is 2.71. The van der Waals surface area contributed by atoms with Crippen molar-refractivity contribution in [2.45, 2.75) is 13.8 Å². The molecule has 0 aliphatic heterocycles. The van der Waals surface area contributed by atoms with Gasteiger partial charge in [-0.3, -0.25) is 4.79 Å². The van der Waals surface area contributed by atoms with E-state index in [4.69, 9.17) is 0 Å². The summed E-state index contributed by atoms with van der Waals surface area (Å²) in [4.78, 5) is 14.5. The minimum absolute atomic E-state index is 0.173. The lowest BCUT2D eigenvalue weighted by atomic mass is 10.2. The number of hydrogen-bond acceptors (Lipinski definition) is 5. The standard InChI is InChI=1S/C21H22FN5O/c1-3-27(4-2)18-11-9-16(10-12-18)23-20-14-13-19(25-26-20)21(28)24-17-7-5-15(22)6-8-17/h5-14H,3-4H2,1-2H3,(H,23,26)(H,24,28). The van der Waals surface area contributed by atoms with Gasteiger partial charge in [0.1, 0.15) is 5.82 Å². The molecule has 1 amide bonds. The molecule has 0 saturated carbocycles. The Morgan fingerprint density at radius 2 is 1.54 bits per heavy atom. The lowest BCUT2D eigenvalue weighted by Crippen LogP contribution is -2.21. The van der Waals surface area contributed by atoms with Gasteiger partial charge < -0.3 is 15.5 Å². The Labute approximate surface area is 163 Å². The summed E-state index contributed by atoms with van der Waals surface area (Å²) in [7, 11) is 0. The van der Waals surface area contributed by atoms with Gasteiger partial charge in [0.15, 0.2) is 11.5 Å². The molecule has 0 spiro atoms. The molecule has 2 N–H and O–H groups in total. The predicted octanol–water partition coefficient (Wildman–Crippen LogP) is 4.46. The Balaban J connectivity index is 1.62. The second-order valence-electron chi connectivity index (χ2n) is 6.11. The van der Waals surface area contributed by atoms with E-state index in [1.807, 2.05) is 24.3 Å². The SMILES string of the molecule is CCN(CC)c1ccc(Nc2ccc(C(=O)Nc3ccc(F)cc3)nn2)cc1. The number of nitrogens with one attached hydrogen (secondary N) is 2. The summed E-state index contributed by atoms with van der Waals surface area (Å²) in [5, 5.41) is 13.8. The molecule has 0 aliphatic carbocycles. The van der Waals surface area contributed by atoms with Gasteiger partial charge in [0, 0.05) is 30.2 Å². The Morgan fingerprint density at radius 1 is 0.893 bits per heavy atom. The van der Waals surface area contributed by atoms with Crippen molar-refractivity contribution >= 4 is 28.8 Å². The molecule has 7 heteroatoms. The molecule has 28 heavy (non-hydrogen) atoms. The average Bonchev–Trinajstić information content (AvgIpc) is 2.72. The first-order chi connectivity index (χ1) is 13.6. The fourth-order valence-electron chi connectivity index (χ4n) is 2.74. The summed E-state index contributed by atoms with van der Waals surface area (Å²) in [6.45, 7) is 6.16. The van der Waals surface area contributed by atoms with E-state index in [0.717, 1.165) is 24.5 Å². The molecule has 0 aliphatic rings. The van der Waals surface area contributed by atoms with Crippen molar-refractivity contribution < 1.29 is 9.18 Å². The van der Waals surface area contributed by atoms with Gasteiger partial charge in [-0.1, -0.05) is 0 Å². The summed E-state index contributed by atoms with van der Waals surface area (Å²) in [5.74, 6) is -0.235. The molecule has 3 rings (SSSR count). The maximum absolute atomic E-state index is 12.9. The van der Waals surface area contributed by atoms with E-state index in [9.17, 15) is 9.18 Å². The van der Waals surface area contributed by atoms with Crippen molar-refractivity contribution in [2.75, 3.05) is 28.6 Å². The summed E-state index contributed by atoms with van der Waals surface area (Å²) in [6, 6.07) is 16.8. The van der Waals surface area contributed by atoms with Crippen LogP contribution in [-0.4, -0.2) is 29.2 Å². The van der Waals surface area contributed by atoms with Crippen LogP contribution in [0.15, 0.2) is 60.7 Å². The van der Waals surface area contributed by atoms with Gasteiger partial charge in [-0.25, -0.2) is 4.39 Å². The highest BCUT2D eigenvalue weighted by molar-refractivity contribution is 6.02. The number of hydrogen-bond donors (Lipinski definition) is 2. The van der Waals surface area contributed by atoms with E-state index >= 15 is 0 Å². The van der Waals surface area contributed by atoms with Crippen molar-refractivity contribution in [1.82, 2.24) is 10.2 Å². The molecule has 0 radical (unpaired) electrons. The van der Waals surface area contributed by atoms with Crippen LogP contribution in [0.4, 0.5) is 27.3 Å². The highest BCUT2D eigenvalue weighted by atomic mass is 19.1. The topological polar surface area (TPSA) is 70.2 Å². The van der Waals surface area contributed by atoms with Crippen molar-refractivity contribution in [2.24, 2.45) is 0 Å². The Bertz CT molecular complexity index is 907. The van der Waals surface area contributed by atoms with Crippen LogP contribution >= 0.6 is 0 Å². The fraction of sp³-hybridized carbons (Fsp3) is 0.190. The van der Waals surface area contributed by atoms with Gasteiger partial charge in [0.2, 0.25) is 0 Å². The van der Waals surface area contributed by atoms with Gasteiger partial charge in [-0.15, -0.1) is 10.2 Å². The van der Waals surface area contributed by atoms with Crippen LogP contribution < -0.4 is 15.5 Å². The zero-order chi connectivity index (χ0) is 19.9. The Hall–Kier alpha value is -3.48. The van der Waals surface area contributed by atoms with E-state index in [2.05, 4.69) is 39.6 Å². The van der Waals surface area contributed by atoms with Crippen molar-refractivity contribution in [1.29, 1.82) is 0 Å². The molecule has 3 aromatic rings.